The van der Waals surface area contributed by atoms with Gasteiger partial charge in [0, 0.05) is 11.8 Å². The van der Waals surface area contributed by atoms with Crippen molar-refractivity contribution in [3.8, 4) is 0 Å². The van der Waals surface area contributed by atoms with Crippen LogP contribution in [0.15, 0.2) is 5.38 Å². The minimum atomic E-state index is 0. The lowest BCUT2D eigenvalue weighted by molar-refractivity contribution is 0.929. The molecular formula is C6H11ClN2S. The predicted octanol–water partition coefficient (Wildman–Crippen LogP) is 1.37. The van der Waals surface area contributed by atoms with E-state index < -0.39 is 0 Å². The quantitative estimate of drug-likeness (QED) is 0.743. The van der Waals surface area contributed by atoms with Gasteiger partial charge in [-0.05, 0) is 13.5 Å². The molecule has 1 aromatic rings. The Hall–Kier alpha value is -0.120. The van der Waals surface area contributed by atoms with Crippen LogP contribution in [0.1, 0.15) is 10.7 Å². The third-order valence-corrected chi connectivity index (χ3v) is 1.89. The van der Waals surface area contributed by atoms with Crippen molar-refractivity contribution in [3.63, 3.8) is 0 Å². The first-order chi connectivity index (χ1) is 4.33. The van der Waals surface area contributed by atoms with Crippen LogP contribution in [0.3, 0.4) is 0 Å². The van der Waals surface area contributed by atoms with E-state index in [0.717, 1.165) is 17.1 Å². The fourth-order valence-corrected chi connectivity index (χ4v) is 1.32. The number of halogens is 1. The zero-order valence-electron chi connectivity index (χ0n) is 5.83. The molecule has 0 unspecified atom stereocenters. The highest BCUT2D eigenvalue weighted by atomic mass is 35.5. The molecule has 0 aliphatic rings. The molecule has 0 fully saturated rings. The zero-order chi connectivity index (χ0) is 6.69. The van der Waals surface area contributed by atoms with Crippen LogP contribution in [0.2, 0.25) is 0 Å². The second kappa shape index (κ2) is 4.66. The van der Waals surface area contributed by atoms with E-state index in [1.54, 1.807) is 11.3 Å². The van der Waals surface area contributed by atoms with Gasteiger partial charge in [0.2, 0.25) is 0 Å². The van der Waals surface area contributed by atoms with Gasteiger partial charge in [-0.25, -0.2) is 4.98 Å². The molecule has 10 heavy (non-hydrogen) atoms. The number of rotatable bonds is 2. The van der Waals surface area contributed by atoms with Crippen LogP contribution >= 0.6 is 23.7 Å². The van der Waals surface area contributed by atoms with Crippen LogP contribution in [0, 0.1) is 6.92 Å². The molecule has 0 aliphatic carbocycles. The summed E-state index contributed by atoms with van der Waals surface area (Å²) in [7, 11) is 0. The Balaban J connectivity index is 0.000000810. The smallest absolute Gasteiger partial charge is 0.0897 e. The monoisotopic (exact) mass is 178 g/mol. The minimum Gasteiger partial charge on any atom is -0.330 e. The summed E-state index contributed by atoms with van der Waals surface area (Å²) in [6, 6.07) is 0. The van der Waals surface area contributed by atoms with Crippen LogP contribution in [0.5, 0.6) is 0 Å². The standard InChI is InChI=1S/C6H10N2S.ClH/c1-5-8-6(2-3-7)4-9-5;/h4H,2-3,7H2,1H3;1H. The number of thiazole rings is 1. The van der Waals surface area contributed by atoms with E-state index in [4.69, 9.17) is 5.73 Å². The molecule has 0 amide bonds. The molecule has 1 rings (SSSR count). The number of hydrogen-bond acceptors (Lipinski definition) is 3. The number of aryl methyl sites for hydroxylation is 1. The average Bonchev–Trinajstić information content (AvgIpc) is 2.17. The second-order valence-corrected chi connectivity index (χ2v) is 2.96. The summed E-state index contributed by atoms with van der Waals surface area (Å²) in [4.78, 5) is 4.24. The molecule has 0 saturated heterocycles. The number of hydrogen-bond donors (Lipinski definition) is 1. The van der Waals surface area contributed by atoms with Gasteiger partial charge in [-0.1, -0.05) is 0 Å². The Kier molecular flexibility index (Phi) is 4.60. The Bertz CT molecular complexity index is 188. The van der Waals surface area contributed by atoms with Gasteiger partial charge >= 0.3 is 0 Å². The van der Waals surface area contributed by atoms with E-state index in [1.807, 2.05) is 6.92 Å². The maximum absolute atomic E-state index is 5.33. The van der Waals surface area contributed by atoms with Crippen molar-refractivity contribution in [2.24, 2.45) is 5.73 Å². The van der Waals surface area contributed by atoms with Gasteiger partial charge in [-0.15, -0.1) is 23.7 Å². The number of nitrogens with two attached hydrogens (primary N) is 1. The van der Waals surface area contributed by atoms with Gasteiger partial charge in [0.1, 0.15) is 0 Å². The maximum Gasteiger partial charge on any atom is 0.0897 e. The summed E-state index contributed by atoms with van der Waals surface area (Å²) in [5.41, 5.74) is 6.46. The fourth-order valence-electron chi connectivity index (χ4n) is 0.671. The molecule has 0 atom stereocenters. The van der Waals surface area contributed by atoms with E-state index >= 15 is 0 Å². The molecule has 0 radical (unpaired) electrons. The van der Waals surface area contributed by atoms with Crippen LogP contribution in [0.4, 0.5) is 0 Å². The number of aromatic nitrogens is 1. The van der Waals surface area contributed by atoms with Crippen molar-refractivity contribution in [2.75, 3.05) is 6.54 Å². The van der Waals surface area contributed by atoms with Crippen molar-refractivity contribution >= 4 is 23.7 Å². The van der Waals surface area contributed by atoms with Crippen LogP contribution in [0.25, 0.3) is 0 Å². The Morgan fingerprint density at radius 2 is 2.40 bits per heavy atom. The van der Waals surface area contributed by atoms with Crippen molar-refractivity contribution in [1.29, 1.82) is 0 Å². The Morgan fingerprint density at radius 1 is 1.70 bits per heavy atom. The summed E-state index contributed by atoms with van der Waals surface area (Å²) >= 11 is 1.68. The lowest BCUT2D eigenvalue weighted by Gasteiger charge is -1.86. The highest BCUT2D eigenvalue weighted by Gasteiger charge is 1.93. The summed E-state index contributed by atoms with van der Waals surface area (Å²) in [6.07, 6.45) is 0.907. The Morgan fingerprint density at radius 3 is 2.80 bits per heavy atom. The van der Waals surface area contributed by atoms with E-state index in [1.165, 1.54) is 0 Å². The second-order valence-electron chi connectivity index (χ2n) is 1.90. The molecule has 4 heteroatoms. The van der Waals surface area contributed by atoms with Gasteiger partial charge in [0.05, 0.1) is 10.7 Å². The van der Waals surface area contributed by atoms with Gasteiger partial charge in [0.15, 0.2) is 0 Å². The van der Waals surface area contributed by atoms with Gasteiger partial charge in [-0.3, -0.25) is 0 Å². The first-order valence-electron chi connectivity index (χ1n) is 2.94. The van der Waals surface area contributed by atoms with Crippen LogP contribution in [-0.2, 0) is 6.42 Å². The van der Waals surface area contributed by atoms with Crippen molar-refractivity contribution in [1.82, 2.24) is 4.98 Å². The lowest BCUT2D eigenvalue weighted by Crippen LogP contribution is -2.02. The van der Waals surface area contributed by atoms with Gasteiger partial charge in [0.25, 0.3) is 0 Å². The van der Waals surface area contributed by atoms with Crippen LogP contribution in [-0.4, -0.2) is 11.5 Å². The largest absolute Gasteiger partial charge is 0.330 e. The average molecular weight is 179 g/mol. The summed E-state index contributed by atoms with van der Waals surface area (Å²) in [6.45, 7) is 2.70. The molecule has 58 valence electrons. The minimum absolute atomic E-state index is 0. The van der Waals surface area contributed by atoms with E-state index in [-0.39, 0.29) is 12.4 Å². The molecule has 2 nitrogen and oxygen atoms in total. The third-order valence-electron chi connectivity index (χ3n) is 1.07. The summed E-state index contributed by atoms with van der Waals surface area (Å²) < 4.78 is 0. The lowest BCUT2D eigenvalue weighted by atomic mass is 10.3. The van der Waals surface area contributed by atoms with Gasteiger partial charge in [-0.2, -0.15) is 0 Å². The van der Waals surface area contributed by atoms with Crippen molar-refractivity contribution < 1.29 is 0 Å². The maximum atomic E-state index is 5.33. The molecule has 0 bridgehead atoms. The molecule has 1 aromatic heterocycles. The topological polar surface area (TPSA) is 38.9 Å². The molecule has 0 aromatic carbocycles. The first-order valence-corrected chi connectivity index (χ1v) is 3.82. The molecule has 2 N–H and O–H groups in total. The summed E-state index contributed by atoms with van der Waals surface area (Å²) in [5, 5.41) is 3.18. The number of nitrogens with zero attached hydrogens (tertiary/aromatic N) is 1. The SMILES string of the molecule is Cc1nc(CCN)cs1.Cl. The van der Waals surface area contributed by atoms with Crippen molar-refractivity contribution in [3.05, 3.63) is 16.1 Å². The normalized spacial score (nSPS) is 9.00. The molecule has 0 saturated carbocycles. The molecule has 0 spiro atoms. The van der Waals surface area contributed by atoms with E-state index in [9.17, 15) is 0 Å². The fraction of sp³-hybridized carbons (Fsp3) is 0.500. The zero-order valence-corrected chi connectivity index (χ0v) is 7.47. The highest BCUT2D eigenvalue weighted by Crippen LogP contribution is 2.07. The molecule has 1 heterocycles. The van der Waals surface area contributed by atoms with Crippen molar-refractivity contribution in [2.45, 2.75) is 13.3 Å². The predicted molar refractivity (Wildman–Crippen MR) is 46.9 cm³/mol. The van der Waals surface area contributed by atoms with Crippen LogP contribution < -0.4 is 5.73 Å². The highest BCUT2D eigenvalue weighted by molar-refractivity contribution is 7.09. The first kappa shape index (κ1) is 9.88. The van der Waals surface area contributed by atoms with E-state index in [2.05, 4.69) is 10.4 Å². The van der Waals surface area contributed by atoms with E-state index in [0.29, 0.717) is 6.54 Å². The molecule has 0 aliphatic heterocycles. The third kappa shape index (κ3) is 2.64. The van der Waals surface area contributed by atoms with Gasteiger partial charge < -0.3 is 5.73 Å². The molecular weight excluding hydrogens is 168 g/mol. The summed E-state index contributed by atoms with van der Waals surface area (Å²) in [5.74, 6) is 0. The Labute approximate surface area is 70.9 Å².